The molecule has 0 aliphatic rings. The molecule has 2 aromatic rings. The van der Waals surface area contributed by atoms with E-state index in [0.29, 0.717) is 6.04 Å². The van der Waals surface area contributed by atoms with Gasteiger partial charge in [-0.05, 0) is 36.6 Å². The number of nitrogens with one attached hydrogen (secondary N) is 2. The Morgan fingerprint density at radius 1 is 1.25 bits per heavy atom. The van der Waals surface area contributed by atoms with Crippen LogP contribution in [0.25, 0.3) is 0 Å². The van der Waals surface area contributed by atoms with Crippen molar-refractivity contribution < 1.29 is 0 Å². The van der Waals surface area contributed by atoms with Gasteiger partial charge in [0.15, 0.2) is 0 Å². The molecule has 1 atom stereocenters. The summed E-state index contributed by atoms with van der Waals surface area (Å²) in [7, 11) is 0. The van der Waals surface area contributed by atoms with Crippen LogP contribution in [0.2, 0.25) is 0 Å². The first-order valence-corrected chi connectivity index (χ1v) is 5.68. The Hall–Kier alpha value is -1.54. The molecule has 1 unspecified atom stereocenters. The first-order valence-electron chi connectivity index (χ1n) is 5.68. The molecule has 0 aliphatic heterocycles. The number of rotatable bonds is 4. The second-order valence-corrected chi connectivity index (χ2v) is 4.18. The predicted molar refractivity (Wildman–Crippen MR) is 67.2 cm³/mol. The van der Waals surface area contributed by atoms with E-state index >= 15 is 0 Å². The zero-order chi connectivity index (χ0) is 11.4. The number of aromatic nitrogens is 1. The van der Waals surface area contributed by atoms with E-state index in [1.54, 1.807) is 0 Å². The summed E-state index contributed by atoms with van der Waals surface area (Å²) in [5.41, 5.74) is 4.01. The Morgan fingerprint density at radius 3 is 2.75 bits per heavy atom. The zero-order valence-electron chi connectivity index (χ0n) is 9.83. The molecule has 0 radical (unpaired) electrons. The van der Waals surface area contributed by atoms with Crippen LogP contribution in [0.4, 0.5) is 0 Å². The van der Waals surface area contributed by atoms with Crippen molar-refractivity contribution in [3.05, 3.63) is 59.4 Å². The lowest BCUT2D eigenvalue weighted by Gasteiger charge is -2.16. The molecule has 0 saturated carbocycles. The third-order valence-corrected chi connectivity index (χ3v) is 2.93. The van der Waals surface area contributed by atoms with Gasteiger partial charge in [0.25, 0.3) is 0 Å². The van der Waals surface area contributed by atoms with Gasteiger partial charge in [0.05, 0.1) is 0 Å². The molecular weight excluding hydrogens is 196 g/mol. The summed E-state index contributed by atoms with van der Waals surface area (Å²) < 4.78 is 0. The highest BCUT2D eigenvalue weighted by Gasteiger charge is 2.06. The molecule has 0 spiro atoms. The largest absolute Gasteiger partial charge is 0.367 e. The van der Waals surface area contributed by atoms with Crippen molar-refractivity contribution >= 4 is 0 Å². The average molecular weight is 214 g/mol. The molecule has 0 fully saturated rings. The molecule has 0 bridgehead atoms. The Balaban J connectivity index is 1.98. The van der Waals surface area contributed by atoms with Crippen LogP contribution < -0.4 is 5.32 Å². The molecule has 0 aliphatic carbocycles. The second kappa shape index (κ2) is 4.99. The minimum atomic E-state index is 0.385. The van der Waals surface area contributed by atoms with Crippen LogP contribution in [-0.4, -0.2) is 4.98 Å². The molecule has 0 saturated heterocycles. The Labute approximate surface area is 96.7 Å². The molecule has 2 rings (SSSR count). The highest BCUT2D eigenvalue weighted by atomic mass is 14.9. The fourth-order valence-electron chi connectivity index (χ4n) is 1.92. The molecule has 84 valence electrons. The first-order chi connectivity index (χ1) is 7.77. The van der Waals surface area contributed by atoms with Crippen molar-refractivity contribution in [1.82, 2.24) is 10.3 Å². The van der Waals surface area contributed by atoms with E-state index in [4.69, 9.17) is 0 Å². The average Bonchev–Trinajstić information content (AvgIpc) is 2.79. The van der Waals surface area contributed by atoms with Gasteiger partial charge in [0.2, 0.25) is 0 Å². The van der Waals surface area contributed by atoms with Crippen molar-refractivity contribution in [2.75, 3.05) is 0 Å². The maximum atomic E-state index is 3.52. The third-order valence-electron chi connectivity index (χ3n) is 2.93. The van der Waals surface area contributed by atoms with Gasteiger partial charge in [-0.3, -0.25) is 0 Å². The van der Waals surface area contributed by atoms with Crippen LogP contribution in [0, 0.1) is 6.92 Å². The van der Waals surface area contributed by atoms with Crippen LogP contribution >= 0.6 is 0 Å². The SMILES string of the molecule is Cc1ccccc1C(C)NCc1cc[nH]c1. The van der Waals surface area contributed by atoms with Crippen molar-refractivity contribution in [1.29, 1.82) is 0 Å². The van der Waals surface area contributed by atoms with Crippen molar-refractivity contribution in [3.8, 4) is 0 Å². The lowest BCUT2D eigenvalue weighted by Crippen LogP contribution is -2.18. The summed E-state index contributed by atoms with van der Waals surface area (Å²) in [4.78, 5) is 3.06. The second-order valence-electron chi connectivity index (χ2n) is 4.18. The highest BCUT2D eigenvalue weighted by molar-refractivity contribution is 5.28. The van der Waals surface area contributed by atoms with Gasteiger partial charge in [0.1, 0.15) is 0 Å². The van der Waals surface area contributed by atoms with E-state index in [1.807, 2.05) is 12.4 Å². The van der Waals surface area contributed by atoms with E-state index in [2.05, 4.69) is 54.5 Å². The van der Waals surface area contributed by atoms with E-state index in [-0.39, 0.29) is 0 Å². The topological polar surface area (TPSA) is 27.8 Å². The summed E-state index contributed by atoms with van der Waals surface area (Å²) in [5, 5.41) is 3.52. The monoisotopic (exact) mass is 214 g/mol. The van der Waals surface area contributed by atoms with E-state index in [1.165, 1.54) is 16.7 Å². The molecule has 0 amide bonds. The fourth-order valence-corrected chi connectivity index (χ4v) is 1.92. The van der Waals surface area contributed by atoms with Crippen LogP contribution in [0.3, 0.4) is 0 Å². The summed E-state index contributed by atoms with van der Waals surface area (Å²) >= 11 is 0. The number of hydrogen-bond acceptors (Lipinski definition) is 1. The van der Waals surface area contributed by atoms with Gasteiger partial charge in [-0.15, -0.1) is 0 Å². The standard InChI is InChI=1S/C14H18N2/c1-11-5-3-4-6-14(11)12(2)16-10-13-7-8-15-9-13/h3-9,12,15-16H,10H2,1-2H3. The van der Waals surface area contributed by atoms with E-state index in [0.717, 1.165) is 6.54 Å². The minimum Gasteiger partial charge on any atom is -0.367 e. The first kappa shape index (κ1) is 11.0. The van der Waals surface area contributed by atoms with Crippen LogP contribution in [0.5, 0.6) is 0 Å². The number of hydrogen-bond donors (Lipinski definition) is 2. The Bertz CT molecular complexity index is 432. The smallest absolute Gasteiger partial charge is 0.0297 e. The van der Waals surface area contributed by atoms with Gasteiger partial charge in [-0.1, -0.05) is 24.3 Å². The number of aromatic amines is 1. The summed E-state index contributed by atoms with van der Waals surface area (Å²) in [6.45, 7) is 5.26. The van der Waals surface area contributed by atoms with Crippen molar-refractivity contribution in [2.45, 2.75) is 26.4 Å². The Kier molecular flexibility index (Phi) is 3.42. The molecular formula is C14H18N2. The zero-order valence-corrected chi connectivity index (χ0v) is 9.83. The summed E-state index contributed by atoms with van der Waals surface area (Å²) in [6.07, 6.45) is 3.98. The molecule has 1 heterocycles. The van der Waals surface area contributed by atoms with Crippen molar-refractivity contribution in [3.63, 3.8) is 0 Å². The van der Waals surface area contributed by atoms with Gasteiger partial charge in [-0.2, -0.15) is 0 Å². The van der Waals surface area contributed by atoms with E-state index in [9.17, 15) is 0 Å². The maximum Gasteiger partial charge on any atom is 0.0297 e. The molecule has 1 aromatic heterocycles. The molecule has 16 heavy (non-hydrogen) atoms. The predicted octanol–water partition coefficient (Wildman–Crippen LogP) is 3.17. The van der Waals surface area contributed by atoms with Gasteiger partial charge < -0.3 is 10.3 Å². The lowest BCUT2D eigenvalue weighted by atomic mass is 10.0. The quantitative estimate of drug-likeness (QED) is 0.803. The maximum absolute atomic E-state index is 3.52. The van der Waals surface area contributed by atoms with E-state index < -0.39 is 0 Å². The number of H-pyrrole nitrogens is 1. The third kappa shape index (κ3) is 2.52. The van der Waals surface area contributed by atoms with Crippen LogP contribution in [0.1, 0.15) is 29.7 Å². The fraction of sp³-hybridized carbons (Fsp3) is 0.286. The highest BCUT2D eigenvalue weighted by Crippen LogP contribution is 2.16. The summed E-state index contributed by atoms with van der Waals surface area (Å²) in [6, 6.07) is 11.0. The molecule has 2 heteroatoms. The molecule has 2 nitrogen and oxygen atoms in total. The normalized spacial score (nSPS) is 12.6. The van der Waals surface area contributed by atoms with Crippen molar-refractivity contribution in [2.24, 2.45) is 0 Å². The van der Waals surface area contributed by atoms with Gasteiger partial charge >= 0.3 is 0 Å². The van der Waals surface area contributed by atoms with Gasteiger partial charge in [0, 0.05) is 25.0 Å². The molecule has 1 aromatic carbocycles. The van der Waals surface area contributed by atoms with Crippen LogP contribution in [-0.2, 0) is 6.54 Å². The molecule has 2 N–H and O–H groups in total. The summed E-state index contributed by atoms with van der Waals surface area (Å²) in [5.74, 6) is 0. The number of aryl methyl sites for hydroxylation is 1. The number of benzene rings is 1. The lowest BCUT2D eigenvalue weighted by molar-refractivity contribution is 0.572. The van der Waals surface area contributed by atoms with Gasteiger partial charge in [-0.25, -0.2) is 0 Å². The Morgan fingerprint density at radius 2 is 2.06 bits per heavy atom. The minimum absolute atomic E-state index is 0.385. The van der Waals surface area contributed by atoms with Crippen LogP contribution in [0.15, 0.2) is 42.7 Å².